The Morgan fingerprint density at radius 3 is 2.63 bits per heavy atom. The van der Waals surface area contributed by atoms with Crippen molar-refractivity contribution in [2.45, 2.75) is 33.1 Å². The van der Waals surface area contributed by atoms with Crippen LogP contribution in [-0.4, -0.2) is 17.6 Å². The number of rotatable bonds is 4. The summed E-state index contributed by atoms with van der Waals surface area (Å²) >= 11 is 0. The molecule has 3 aromatic rings. The molecule has 0 spiro atoms. The number of hydrazone groups is 1. The summed E-state index contributed by atoms with van der Waals surface area (Å²) in [4.78, 5) is 36.8. The molecule has 1 amide bonds. The van der Waals surface area contributed by atoms with Gasteiger partial charge in [-0.25, -0.2) is 14.6 Å². The Balaban J connectivity index is 1.67. The summed E-state index contributed by atoms with van der Waals surface area (Å²) in [6, 6.07) is 13.8. The summed E-state index contributed by atoms with van der Waals surface area (Å²) in [7, 11) is 0. The molecular weight excluding hydrogens is 384 g/mol. The first-order valence-electron chi connectivity index (χ1n) is 9.71. The van der Waals surface area contributed by atoms with Gasteiger partial charge in [-0.2, -0.15) is 5.10 Å². The normalized spacial score (nSPS) is 14.0. The van der Waals surface area contributed by atoms with Crippen LogP contribution in [0.15, 0.2) is 62.8 Å². The molecular formula is C23H20N2O5. The van der Waals surface area contributed by atoms with Gasteiger partial charge in [0.25, 0.3) is 0 Å². The average Bonchev–Trinajstić information content (AvgIpc) is 2.74. The zero-order valence-electron chi connectivity index (χ0n) is 16.7. The van der Waals surface area contributed by atoms with Crippen molar-refractivity contribution in [3.05, 3.63) is 70.1 Å². The van der Waals surface area contributed by atoms with Crippen LogP contribution in [0, 0.1) is 6.92 Å². The fourth-order valence-electron chi connectivity index (χ4n) is 3.39. The summed E-state index contributed by atoms with van der Waals surface area (Å²) in [6.45, 7) is 3.77. The minimum Gasteiger partial charge on any atom is -0.423 e. The zero-order valence-corrected chi connectivity index (χ0v) is 16.7. The number of benzene rings is 2. The van der Waals surface area contributed by atoms with E-state index < -0.39 is 11.6 Å². The molecule has 4 rings (SSSR count). The molecule has 0 fully saturated rings. The molecule has 0 saturated carbocycles. The van der Waals surface area contributed by atoms with Crippen LogP contribution in [0.1, 0.15) is 30.9 Å². The van der Waals surface area contributed by atoms with E-state index in [-0.39, 0.29) is 24.5 Å². The van der Waals surface area contributed by atoms with E-state index in [4.69, 9.17) is 9.15 Å². The molecule has 7 heteroatoms. The van der Waals surface area contributed by atoms with E-state index >= 15 is 0 Å². The van der Waals surface area contributed by atoms with E-state index in [1.165, 1.54) is 11.1 Å². The van der Waals surface area contributed by atoms with E-state index in [9.17, 15) is 14.4 Å². The zero-order chi connectivity index (χ0) is 21.3. The number of nitrogens with zero attached hydrogens (tertiary/aromatic N) is 2. The lowest BCUT2D eigenvalue weighted by atomic mass is 10.1. The van der Waals surface area contributed by atoms with Crippen molar-refractivity contribution >= 4 is 34.2 Å². The van der Waals surface area contributed by atoms with E-state index in [0.717, 1.165) is 16.5 Å². The number of carbonyl (C=O) groups is 2. The number of hydrogen-bond donors (Lipinski definition) is 0. The van der Waals surface area contributed by atoms with Crippen LogP contribution in [0.4, 0.5) is 5.69 Å². The van der Waals surface area contributed by atoms with Crippen LogP contribution in [0.2, 0.25) is 0 Å². The summed E-state index contributed by atoms with van der Waals surface area (Å²) in [5.41, 5.74) is 2.24. The van der Waals surface area contributed by atoms with Gasteiger partial charge in [0.05, 0.1) is 5.69 Å². The van der Waals surface area contributed by atoms with Crippen molar-refractivity contribution in [2.75, 3.05) is 5.01 Å². The van der Waals surface area contributed by atoms with Crippen LogP contribution in [0.25, 0.3) is 11.0 Å². The second-order valence-corrected chi connectivity index (χ2v) is 7.04. The molecule has 1 aliphatic heterocycles. The molecule has 2 heterocycles. The monoisotopic (exact) mass is 404 g/mol. The lowest BCUT2D eigenvalue weighted by Crippen LogP contribution is -2.35. The van der Waals surface area contributed by atoms with Crippen molar-refractivity contribution < 1.29 is 18.7 Å². The molecule has 1 aliphatic rings. The van der Waals surface area contributed by atoms with Crippen LogP contribution in [0.5, 0.6) is 5.75 Å². The minimum absolute atomic E-state index is 0.159. The number of carbonyl (C=O) groups excluding carboxylic acids is 2. The SMILES string of the molecule is CCc1cc2c(C)cc(=O)oc2cc1OC(=O)C1=NN(c2ccccc2)C(=O)CC1. The Labute approximate surface area is 172 Å². The maximum atomic E-state index is 12.8. The Morgan fingerprint density at radius 2 is 1.90 bits per heavy atom. The molecule has 2 aromatic carbocycles. The lowest BCUT2D eigenvalue weighted by molar-refractivity contribution is -0.127. The van der Waals surface area contributed by atoms with E-state index in [2.05, 4.69) is 5.10 Å². The first-order valence-corrected chi connectivity index (χ1v) is 9.71. The fraction of sp³-hybridized carbons (Fsp3) is 0.217. The highest BCUT2D eigenvalue weighted by Gasteiger charge is 2.27. The highest BCUT2D eigenvalue weighted by molar-refractivity contribution is 6.38. The van der Waals surface area contributed by atoms with Gasteiger partial charge in [-0.1, -0.05) is 25.1 Å². The lowest BCUT2D eigenvalue weighted by Gasteiger charge is -2.22. The number of esters is 1. The third-order valence-corrected chi connectivity index (χ3v) is 4.99. The van der Waals surface area contributed by atoms with Gasteiger partial charge in [-0.15, -0.1) is 0 Å². The summed E-state index contributed by atoms with van der Waals surface area (Å²) < 4.78 is 10.9. The smallest absolute Gasteiger partial charge is 0.359 e. The Bertz CT molecular complexity index is 1230. The van der Waals surface area contributed by atoms with Gasteiger partial charge in [0.15, 0.2) is 0 Å². The predicted octanol–water partition coefficient (Wildman–Crippen LogP) is 3.75. The largest absolute Gasteiger partial charge is 0.423 e. The van der Waals surface area contributed by atoms with Gasteiger partial charge in [-0.3, -0.25) is 4.79 Å². The third kappa shape index (κ3) is 3.74. The van der Waals surface area contributed by atoms with Crippen molar-refractivity contribution in [1.29, 1.82) is 0 Å². The fourth-order valence-corrected chi connectivity index (χ4v) is 3.39. The molecule has 0 unspecified atom stereocenters. The van der Waals surface area contributed by atoms with Crippen LogP contribution >= 0.6 is 0 Å². The third-order valence-electron chi connectivity index (χ3n) is 4.99. The predicted molar refractivity (Wildman–Crippen MR) is 113 cm³/mol. The molecule has 30 heavy (non-hydrogen) atoms. The number of hydrogen-bond acceptors (Lipinski definition) is 6. The highest BCUT2D eigenvalue weighted by atomic mass is 16.5. The molecule has 0 aliphatic carbocycles. The van der Waals surface area contributed by atoms with Crippen LogP contribution in [0.3, 0.4) is 0 Å². The number of amides is 1. The second-order valence-electron chi connectivity index (χ2n) is 7.04. The van der Waals surface area contributed by atoms with Gasteiger partial charge in [0, 0.05) is 30.4 Å². The minimum atomic E-state index is -0.632. The standard InChI is InChI=1S/C23H20N2O5/c1-3-15-12-17-14(2)11-22(27)29-20(17)13-19(15)30-23(28)18-9-10-21(26)25(24-18)16-7-5-4-6-8-16/h4-8,11-13H,3,9-10H2,1-2H3. The van der Waals surface area contributed by atoms with Crippen LogP contribution < -0.4 is 15.4 Å². The summed E-state index contributed by atoms with van der Waals surface area (Å²) in [5.74, 6) is -0.503. The quantitative estimate of drug-likeness (QED) is 0.375. The average molecular weight is 404 g/mol. The van der Waals surface area contributed by atoms with E-state index in [1.54, 1.807) is 30.3 Å². The molecule has 0 N–H and O–H groups in total. The molecule has 0 radical (unpaired) electrons. The summed E-state index contributed by atoms with van der Waals surface area (Å²) in [6.07, 6.45) is 0.984. The van der Waals surface area contributed by atoms with E-state index in [1.807, 2.05) is 26.0 Å². The van der Waals surface area contributed by atoms with Gasteiger partial charge in [-0.05, 0) is 42.7 Å². The first kappa shape index (κ1) is 19.6. The molecule has 0 bridgehead atoms. The topological polar surface area (TPSA) is 89.2 Å². The Morgan fingerprint density at radius 1 is 1.13 bits per heavy atom. The van der Waals surface area contributed by atoms with E-state index in [0.29, 0.717) is 23.4 Å². The van der Waals surface area contributed by atoms with Crippen LogP contribution in [-0.2, 0) is 16.0 Å². The van der Waals surface area contributed by atoms with Gasteiger partial charge in [0.1, 0.15) is 17.0 Å². The number of aryl methyl sites for hydroxylation is 2. The van der Waals surface area contributed by atoms with Crippen molar-refractivity contribution in [3.8, 4) is 5.75 Å². The molecule has 152 valence electrons. The van der Waals surface area contributed by atoms with Gasteiger partial charge < -0.3 is 9.15 Å². The Kier molecular flexibility index (Phi) is 5.18. The molecule has 7 nitrogen and oxygen atoms in total. The number of anilines is 1. The maximum Gasteiger partial charge on any atom is 0.359 e. The molecule has 0 saturated heterocycles. The number of para-hydroxylation sites is 1. The Hall–Kier alpha value is -3.74. The molecule has 1 aromatic heterocycles. The van der Waals surface area contributed by atoms with Crippen molar-refractivity contribution in [3.63, 3.8) is 0 Å². The van der Waals surface area contributed by atoms with Gasteiger partial charge in [0.2, 0.25) is 5.91 Å². The number of ether oxygens (including phenoxy) is 1. The van der Waals surface area contributed by atoms with Gasteiger partial charge >= 0.3 is 11.6 Å². The van der Waals surface area contributed by atoms with Crippen molar-refractivity contribution in [2.24, 2.45) is 5.10 Å². The highest BCUT2D eigenvalue weighted by Crippen LogP contribution is 2.28. The van der Waals surface area contributed by atoms with Crippen molar-refractivity contribution in [1.82, 2.24) is 0 Å². The first-order chi connectivity index (χ1) is 14.5. The second kappa shape index (κ2) is 7.94. The maximum absolute atomic E-state index is 12.8. The number of fused-ring (bicyclic) bond motifs is 1. The summed E-state index contributed by atoms with van der Waals surface area (Å²) in [5, 5.41) is 6.25. The molecule has 0 atom stereocenters.